The molecule has 0 spiro atoms. The van der Waals surface area contributed by atoms with Gasteiger partial charge in [0.2, 0.25) is 0 Å². The maximum atomic E-state index is 12.4. The van der Waals surface area contributed by atoms with Gasteiger partial charge in [-0.25, -0.2) is 4.99 Å². The second-order valence-corrected chi connectivity index (χ2v) is 10.7. The number of aliphatic imine (C=N–C) groups is 1. The molecule has 3 heterocycles. The van der Waals surface area contributed by atoms with Crippen LogP contribution < -0.4 is 15.4 Å². The number of hydrogen-bond acceptors (Lipinski definition) is 6. The van der Waals surface area contributed by atoms with Crippen LogP contribution in [0, 0.1) is 0 Å². The molecule has 0 saturated carbocycles. The fraction of sp³-hybridized carbons (Fsp3) is 0.235. The number of rotatable bonds is 8. The zero-order chi connectivity index (χ0) is 29.9. The third-order valence-electron chi connectivity index (χ3n) is 7.70. The number of ether oxygens (including phenoxy) is 1. The highest BCUT2D eigenvalue weighted by Gasteiger charge is 2.26. The number of benzene rings is 2. The van der Waals surface area contributed by atoms with Gasteiger partial charge in [-0.05, 0) is 60.2 Å². The molecule has 0 atom stereocenters. The van der Waals surface area contributed by atoms with E-state index in [0.717, 1.165) is 69.7 Å². The molecule has 0 fully saturated rings. The number of methoxy groups -OCH3 is 1. The zero-order valence-electron chi connectivity index (χ0n) is 24.9. The minimum atomic E-state index is -0.117. The van der Waals surface area contributed by atoms with Gasteiger partial charge in [0.05, 0.1) is 30.4 Å². The smallest absolute Gasteiger partial charge is 0.251 e. The number of amides is 1. The molecular formula is C34H35N7O2. The normalized spacial score (nSPS) is 14.7. The highest BCUT2D eigenvalue weighted by Crippen LogP contribution is 2.39. The highest BCUT2D eigenvalue weighted by molar-refractivity contribution is 6.00. The third kappa shape index (κ3) is 5.66. The van der Waals surface area contributed by atoms with Crippen molar-refractivity contribution in [2.45, 2.75) is 26.2 Å². The average molecular weight is 574 g/mol. The first kappa shape index (κ1) is 28.0. The van der Waals surface area contributed by atoms with Crippen LogP contribution in [-0.4, -0.2) is 45.3 Å². The molecular weight excluding hydrogens is 538 g/mol. The third-order valence-corrected chi connectivity index (χ3v) is 7.70. The van der Waals surface area contributed by atoms with E-state index in [1.807, 2.05) is 67.2 Å². The van der Waals surface area contributed by atoms with Crippen LogP contribution in [0.25, 0.3) is 28.0 Å². The van der Waals surface area contributed by atoms with Crippen molar-refractivity contribution in [3.8, 4) is 28.1 Å². The molecule has 6 rings (SSSR count). The Morgan fingerprint density at radius 2 is 1.86 bits per heavy atom. The molecule has 9 heteroatoms. The molecule has 1 aliphatic heterocycles. The van der Waals surface area contributed by atoms with Gasteiger partial charge >= 0.3 is 0 Å². The van der Waals surface area contributed by atoms with Crippen LogP contribution in [0.5, 0.6) is 5.75 Å². The number of fused-ring (bicyclic) bond motifs is 2. The van der Waals surface area contributed by atoms with Crippen molar-refractivity contribution in [2.24, 2.45) is 19.1 Å². The van der Waals surface area contributed by atoms with Crippen molar-refractivity contribution >= 4 is 23.4 Å². The molecule has 0 saturated heterocycles. The number of allylic oxidation sites excluding steroid dienone is 5. The summed E-state index contributed by atoms with van der Waals surface area (Å²) in [4.78, 5) is 17.2. The number of nitrogens with zero attached hydrogens (tertiary/aromatic N) is 5. The van der Waals surface area contributed by atoms with E-state index >= 15 is 0 Å². The fourth-order valence-corrected chi connectivity index (χ4v) is 5.55. The van der Waals surface area contributed by atoms with E-state index in [1.165, 1.54) is 0 Å². The average Bonchev–Trinajstić information content (AvgIpc) is 3.60. The minimum absolute atomic E-state index is 0.117. The lowest BCUT2D eigenvalue weighted by atomic mass is 9.86. The summed E-state index contributed by atoms with van der Waals surface area (Å²) in [5, 5.41) is 15.5. The molecule has 0 unspecified atom stereocenters. The molecule has 0 bridgehead atoms. The van der Waals surface area contributed by atoms with Gasteiger partial charge in [0.1, 0.15) is 11.6 Å². The Hall–Kier alpha value is -5.18. The Morgan fingerprint density at radius 3 is 2.60 bits per heavy atom. The topological polar surface area (TPSA) is 98.4 Å². The van der Waals surface area contributed by atoms with E-state index in [9.17, 15) is 4.79 Å². The van der Waals surface area contributed by atoms with Gasteiger partial charge in [-0.2, -0.15) is 10.2 Å². The van der Waals surface area contributed by atoms with Crippen LogP contribution in [0.2, 0.25) is 0 Å². The first-order chi connectivity index (χ1) is 20.9. The monoisotopic (exact) mass is 573 g/mol. The van der Waals surface area contributed by atoms with Gasteiger partial charge in [0.15, 0.2) is 0 Å². The first-order valence-electron chi connectivity index (χ1n) is 14.5. The van der Waals surface area contributed by atoms with Crippen LogP contribution in [0.15, 0.2) is 89.5 Å². The number of anilines is 1. The molecule has 2 aromatic carbocycles. The molecule has 2 aromatic heterocycles. The van der Waals surface area contributed by atoms with Gasteiger partial charge in [0.25, 0.3) is 5.91 Å². The van der Waals surface area contributed by atoms with Gasteiger partial charge in [-0.1, -0.05) is 43.3 Å². The standard InChI is InChI=1S/C34H35N7O2/c1-5-17-35-34(42)24-13-15-28(30(18-24)43-4)38-31-8-6-7-27-25(19-36-31)14-16-29-32(27)33(41(3)39-29)23-11-9-22(10-12-23)26-20-37-40(2)21-26/h6-13,15,18-21H,5,14,16-17H2,1-4H3,(H,35,42)(H,36,38). The van der Waals surface area contributed by atoms with Crippen molar-refractivity contribution in [1.82, 2.24) is 24.9 Å². The summed E-state index contributed by atoms with van der Waals surface area (Å²) in [5.41, 5.74) is 10.3. The molecule has 43 heavy (non-hydrogen) atoms. The summed E-state index contributed by atoms with van der Waals surface area (Å²) in [6.45, 7) is 2.66. The zero-order valence-corrected chi connectivity index (χ0v) is 24.9. The molecule has 2 aliphatic rings. The van der Waals surface area contributed by atoms with E-state index < -0.39 is 0 Å². The summed E-state index contributed by atoms with van der Waals surface area (Å²) >= 11 is 0. The predicted molar refractivity (Wildman–Crippen MR) is 171 cm³/mol. The van der Waals surface area contributed by atoms with Gasteiger partial charge < -0.3 is 15.4 Å². The number of nitrogens with one attached hydrogen (secondary N) is 2. The largest absolute Gasteiger partial charge is 0.495 e. The summed E-state index contributed by atoms with van der Waals surface area (Å²) < 4.78 is 9.40. The number of carbonyl (C=O) groups is 1. The van der Waals surface area contributed by atoms with Crippen LogP contribution >= 0.6 is 0 Å². The van der Waals surface area contributed by atoms with Crippen molar-refractivity contribution in [3.05, 3.63) is 101 Å². The van der Waals surface area contributed by atoms with Gasteiger partial charge in [-0.15, -0.1) is 0 Å². The number of aromatic nitrogens is 4. The first-order valence-corrected chi connectivity index (χ1v) is 14.5. The summed E-state index contributed by atoms with van der Waals surface area (Å²) in [7, 11) is 5.53. The van der Waals surface area contributed by atoms with E-state index in [0.29, 0.717) is 23.7 Å². The second kappa shape index (κ2) is 12.0. The predicted octanol–water partition coefficient (Wildman–Crippen LogP) is 5.93. The Kier molecular flexibility index (Phi) is 7.79. The lowest BCUT2D eigenvalue weighted by Gasteiger charge is -2.19. The SMILES string of the molecule is CCCNC(=O)c1ccc(NC2=C/C=C/C3=C(C=N2)CCc2nn(C)c(-c4ccc(-c5cnn(C)c5)cc4)c23)c(OC)c1. The van der Waals surface area contributed by atoms with Gasteiger partial charge in [0, 0.05) is 55.3 Å². The summed E-state index contributed by atoms with van der Waals surface area (Å²) in [5.74, 6) is 1.13. The molecule has 1 aliphatic carbocycles. The van der Waals surface area contributed by atoms with Gasteiger partial charge in [-0.3, -0.25) is 14.2 Å². The quantitative estimate of drug-likeness (QED) is 0.272. The highest BCUT2D eigenvalue weighted by atomic mass is 16.5. The van der Waals surface area contributed by atoms with Crippen LogP contribution in [0.1, 0.15) is 41.4 Å². The van der Waals surface area contributed by atoms with E-state index in [2.05, 4.69) is 46.1 Å². The second-order valence-electron chi connectivity index (χ2n) is 10.7. The van der Waals surface area contributed by atoms with Crippen molar-refractivity contribution < 1.29 is 9.53 Å². The Morgan fingerprint density at radius 1 is 1.05 bits per heavy atom. The minimum Gasteiger partial charge on any atom is -0.495 e. The molecule has 4 aromatic rings. The summed E-state index contributed by atoms with van der Waals surface area (Å²) in [6, 6.07) is 14.0. The number of hydrogen-bond donors (Lipinski definition) is 2. The lowest BCUT2D eigenvalue weighted by molar-refractivity contribution is 0.0953. The fourth-order valence-electron chi connectivity index (χ4n) is 5.55. The van der Waals surface area contributed by atoms with Crippen molar-refractivity contribution in [1.29, 1.82) is 0 Å². The number of carbonyl (C=O) groups excluding carboxylic acids is 1. The Balaban J connectivity index is 1.26. The van der Waals surface area contributed by atoms with Crippen LogP contribution in [0.3, 0.4) is 0 Å². The number of aryl methyl sites for hydroxylation is 3. The van der Waals surface area contributed by atoms with E-state index in [1.54, 1.807) is 19.2 Å². The van der Waals surface area contributed by atoms with Crippen molar-refractivity contribution in [2.75, 3.05) is 19.0 Å². The van der Waals surface area contributed by atoms with E-state index in [-0.39, 0.29) is 5.91 Å². The maximum Gasteiger partial charge on any atom is 0.251 e. The molecule has 218 valence electrons. The molecule has 2 N–H and O–H groups in total. The van der Waals surface area contributed by atoms with Crippen LogP contribution in [-0.2, 0) is 20.5 Å². The molecule has 1 amide bonds. The van der Waals surface area contributed by atoms with Crippen molar-refractivity contribution in [3.63, 3.8) is 0 Å². The maximum absolute atomic E-state index is 12.4. The van der Waals surface area contributed by atoms with E-state index in [4.69, 9.17) is 14.8 Å². The van der Waals surface area contributed by atoms with Crippen LogP contribution in [0.4, 0.5) is 5.69 Å². The molecule has 9 nitrogen and oxygen atoms in total. The lowest BCUT2D eigenvalue weighted by Crippen LogP contribution is -2.23. The molecule has 0 radical (unpaired) electrons. The Labute approximate surface area is 251 Å². The summed E-state index contributed by atoms with van der Waals surface area (Å²) in [6.07, 6.45) is 14.5. The Bertz CT molecular complexity index is 1800.